The molecule has 2 amide bonds. The SMILES string of the molecule is Cc1ccc(S(=O)(=O)Nc2ccccc2NC(=O)Nc2ccc(Cl)c(Cl)c2)cc1. The Morgan fingerprint density at radius 2 is 1.48 bits per heavy atom. The largest absolute Gasteiger partial charge is 0.323 e. The number of urea groups is 1. The first-order valence-corrected chi connectivity index (χ1v) is 10.7. The van der Waals surface area contributed by atoms with Gasteiger partial charge in [-0.05, 0) is 49.4 Å². The summed E-state index contributed by atoms with van der Waals surface area (Å²) in [6, 6.07) is 17.0. The maximum absolute atomic E-state index is 12.6. The summed E-state index contributed by atoms with van der Waals surface area (Å²) >= 11 is 11.8. The van der Waals surface area contributed by atoms with Crippen molar-refractivity contribution >= 4 is 56.3 Å². The van der Waals surface area contributed by atoms with Gasteiger partial charge in [0, 0.05) is 5.69 Å². The number of hydrogen-bond acceptors (Lipinski definition) is 3. The van der Waals surface area contributed by atoms with Crippen LogP contribution in [0.25, 0.3) is 0 Å². The van der Waals surface area contributed by atoms with Gasteiger partial charge in [0.05, 0.1) is 26.3 Å². The lowest BCUT2D eigenvalue weighted by atomic mass is 10.2. The van der Waals surface area contributed by atoms with Crippen molar-refractivity contribution in [2.75, 3.05) is 15.4 Å². The molecule has 6 nitrogen and oxygen atoms in total. The molecule has 9 heteroatoms. The van der Waals surface area contributed by atoms with Gasteiger partial charge in [0.2, 0.25) is 0 Å². The monoisotopic (exact) mass is 449 g/mol. The normalized spacial score (nSPS) is 11.0. The van der Waals surface area contributed by atoms with Crippen molar-refractivity contribution in [2.45, 2.75) is 11.8 Å². The van der Waals surface area contributed by atoms with Crippen molar-refractivity contribution in [1.82, 2.24) is 0 Å². The Morgan fingerprint density at radius 1 is 0.828 bits per heavy atom. The van der Waals surface area contributed by atoms with Crippen LogP contribution < -0.4 is 15.4 Å². The zero-order valence-corrected chi connectivity index (χ0v) is 17.6. The number of hydrogen-bond donors (Lipinski definition) is 3. The van der Waals surface area contributed by atoms with Gasteiger partial charge in [0.15, 0.2) is 0 Å². The molecule has 3 N–H and O–H groups in total. The Balaban J connectivity index is 1.77. The highest BCUT2D eigenvalue weighted by Crippen LogP contribution is 2.27. The topological polar surface area (TPSA) is 87.3 Å². The van der Waals surface area contributed by atoms with Crippen molar-refractivity contribution in [3.8, 4) is 0 Å². The minimum absolute atomic E-state index is 0.123. The van der Waals surface area contributed by atoms with Gasteiger partial charge in [-0.2, -0.15) is 0 Å². The van der Waals surface area contributed by atoms with E-state index in [1.807, 2.05) is 6.92 Å². The lowest BCUT2D eigenvalue weighted by Gasteiger charge is -2.14. The summed E-state index contributed by atoms with van der Waals surface area (Å²) in [7, 11) is -3.81. The van der Waals surface area contributed by atoms with E-state index in [2.05, 4.69) is 15.4 Å². The van der Waals surface area contributed by atoms with E-state index in [-0.39, 0.29) is 10.6 Å². The molecule has 0 saturated heterocycles. The van der Waals surface area contributed by atoms with Crippen molar-refractivity contribution in [3.63, 3.8) is 0 Å². The fourth-order valence-corrected chi connectivity index (χ4v) is 3.84. The smallest absolute Gasteiger partial charge is 0.308 e. The van der Waals surface area contributed by atoms with Crippen molar-refractivity contribution in [3.05, 3.63) is 82.3 Å². The average Bonchev–Trinajstić information content (AvgIpc) is 2.66. The van der Waals surface area contributed by atoms with E-state index in [1.165, 1.54) is 18.2 Å². The third-order valence-corrected chi connectivity index (χ3v) is 6.05. The molecule has 29 heavy (non-hydrogen) atoms. The molecule has 0 atom stereocenters. The van der Waals surface area contributed by atoms with Crippen molar-refractivity contribution in [1.29, 1.82) is 0 Å². The predicted octanol–water partition coefficient (Wildman–Crippen LogP) is 5.75. The molecular weight excluding hydrogens is 433 g/mol. The second-order valence-corrected chi connectivity index (χ2v) is 8.67. The highest BCUT2D eigenvalue weighted by Gasteiger charge is 2.16. The van der Waals surface area contributed by atoms with Crippen LogP contribution in [0.5, 0.6) is 0 Å². The van der Waals surface area contributed by atoms with Crippen LogP contribution in [0.15, 0.2) is 71.6 Å². The van der Waals surface area contributed by atoms with Gasteiger partial charge in [-0.3, -0.25) is 4.72 Å². The third-order valence-electron chi connectivity index (χ3n) is 3.93. The molecular formula is C20H17Cl2N3O3S. The number of nitrogens with one attached hydrogen (secondary N) is 3. The number of amides is 2. The van der Waals surface area contributed by atoms with Gasteiger partial charge in [0.25, 0.3) is 10.0 Å². The number of halogens is 2. The lowest BCUT2D eigenvalue weighted by molar-refractivity contribution is 0.262. The third kappa shape index (κ3) is 5.41. The Morgan fingerprint density at radius 3 is 2.14 bits per heavy atom. The van der Waals surface area contributed by atoms with Crippen LogP contribution >= 0.6 is 23.2 Å². The lowest BCUT2D eigenvalue weighted by Crippen LogP contribution is -2.21. The fraction of sp³-hybridized carbons (Fsp3) is 0.0500. The molecule has 0 spiro atoms. The summed E-state index contributed by atoms with van der Waals surface area (Å²) < 4.78 is 27.8. The minimum Gasteiger partial charge on any atom is -0.308 e. The molecule has 0 heterocycles. The van der Waals surface area contributed by atoms with Crippen LogP contribution in [0.4, 0.5) is 21.9 Å². The van der Waals surface area contributed by atoms with Gasteiger partial charge < -0.3 is 10.6 Å². The molecule has 0 aromatic heterocycles. The molecule has 3 aromatic rings. The van der Waals surface area contributed by atoms with Crippen LogP contribution in [-0.4, -0.2) is 14.4 Å². The van der Waals surface area contributed by atoms with E-state index in [9.17, 15) is 13.2 Å². The highest BCUT2D eigenvalue weighted by molar-refractivity contribution is 7.92. The second kappa shape index (κ2) is 8.73. The molecule has 0 unspecified atom stereocenters. The van der Waals surface area contributed by atoms with Crippen LogP contribution in [0.1, 0.15) is 5.56 Å². The standard InChI is InChI=1S/C20H17Cl2N3O3S/c1-13-6-9-15(10-7-13)29(27,28)25-19-5-3-2-4-18(19)24-20(26)23-14-8-11-16(21)17(22)12-14/h2-12,25H,1H3,(H2,23,24,26). The molecule has 0 aliphatic heterocycles. The number of anilines is 3. The molecule has 0 bridgehead atoms. The van der Waals surface area contributed by atoms with Gasteiger partial charge >= 0.3 is 6.03 Å². The van der Waals surface area contributed by atoms with Gasteiger partial charge in [-0.15, -0.1) is 0 Å². The number of carbonyl (C=O) groups excluding carboxylic acids is 1. The maximum atomic E-state index is 12.6. The average molecular weight is 450 g/mol. The Bertz CT molecular complexity index is 1150. The highest BCUT2D eigenvalue weighted by atomic mass is 35.5. The fourth-order valence-electron chi connectivity index (χ4n) is 2.46. The number of sulfonamides is 1. The summed E-state index contributed by atoms with van der Waals surface area (Å²) in [6.45, 7) is 1.87. The zero-order valence-electron chi connectivity index (χ0n) is 15.2. The second-order valence-electron chi connectivity index (χ2n) is 6.17. The van der Waals surface area contributed by atoms with E-state index in [0.29, 0.717) is 21.4 Å². The molecule has 0 fully saturated rings. The number of para-hydroxylation sites is 2. The van der Waals surface area contributed by atoms with E-state index in [4.69, 9.17) is 23.2 Å². The van der Waals surface area contributed by atoms with E-state index >= 15 is 0 Å². The van der Waals surface area contributed by atoms with Gasteiger partial charge in [-0.25, -0.2) is 13.2 Å². The molecule has 0 aliphatic rings. The van der Waals surface area contributed by atoms with E-state index < -0.39 is 16.1 Å². The van der Waals surface area contributed by atoms with Crippen molar-refractivity contribution < 1.29 is 13.2 Å². The van der Waals surface area contributed by atoms with Crippen LogP contribution in [0.2, 0.25) is 10.0 Å². The maximum Gasteiger partial charge on any atom is 0.323 e. The summed E-state index contributed by atoms with van der Waals surface area (Å²) in [4.78, 5) is 12.5. The molecule has 3 aromatic carbocycles. The number of aryl methyl sites for hydroxylation is 1. The summed E-state index contributed by atoms with van der Waals surface area (Å²) in [5, 5.41) is 5.91. The zero-order chi connectivity index (χ0) is 21.0. The Kier molecular flexibility index (Phi) is 6.32. The molecule has 0 aliphatic carbocycles. The summed E-state index contributed by atoms with van der Waals surface area (Å²) in [5.74, 6) is 0. The molecule has 0 radical (unpaired) electrons. The predicted molar refractivity (Wildman–Crippen MR) is 118 cm³/mol. The summed E-state index contributed by atoms with van der Waals surface area (Å²) in [6.07, 6.45) is 0. The number of carbonyl (C=O) groups is 1. The van der Waals surface area contributed by atoms with Gasteiger partial charge in [-0.1, -0.05) is 53.0 Å². The minimum atomic E-state index is -3.81. The van der Waals surface area contributed by atoms with E-state index in [1.54, 1.807) is 48.5 Å². The first-order valence-electron chi connectivity index (χ1n) is 8.46. The van der Waals surface area contributed by atoms with Gasteiger partial charge in [0.1, 0.15) is 0 Å². The Labute approximate surface area is 178 Å². The Hall–Kier alpha value is -2.74. The van der Waals surface area contributed by atoms with Crippen LogP contribution in [0, 0.1) is 6.92 Å². The van der Waals surface area contributed by atoms with Crippen LogP contribution in [-0.2, 0) is 10.0 Å². The van der Waals surface area contributed by atoms with E-state index in [0.717, 1.165) is 5.56 Å². The van der Waals surface area contributed by atoms with Crippen molar-refractivity contribution in [2.24, 2.45) is 0 Å². The summed E-state index contributed by atoms with van der Waals surface area (Å²) in [5.41, 5.74) is 1.91. The molecule has 3 rings (SSSR count). The first kappa shape index (κ1) is 21.0. The molecule has 150 valence electrons. The first-order chi connectivity index (χ1) is 13.7. The van der Waals surface area contributed by atoms with Crippen LogP contribution in [0.3, 0.4) is 0 Å². The quantitative estimate of drug-likeness (QED) is 0.463. The number of rotatable bonds is 5. The number of benzene rings is 3. The molecule has 0 saturated carbocycles.